The minimum Gasteiger partial charge on any atom is -0.338 e. The van der Waals surface area contributed by atoms with Gasteiger partial charge in [0.1, 0.15) is 5.82 Å². The Morgan fingerprint density at radius 2 is 2.33 bits per heavy atom. The molecule has 1 fully saturated rings. The maximum absolute atomic E-state index is 4.42. The first-order valence-electron chi connectivity index (χ1n) is 5.77. The van der Waals surface area contributed by atoms with Crippen LogP contribution in [0.15, 0.2) is 12.4 Å². The predicted octanol–water partition coefficient (Wildman–Crippen LogP) is 3.16. The van der Waals surface area contributed by atoms with Crippen molar-refractivity contribution in [2.45, 2.75) is 37.4 Å². The summed E-state index contributed by atoms with van der Waals surface area (Å²) in [6.07, 6.45) is 9.05. The molecular formula is C12H19BrN2. The van der Waals surface area contributed by atoms with Gasteiger partial charge in [0.05, 0.1) is 0 Å². The lowest BCUT2D eigenvalue weighted by Gasteiger charge is -2.31. The minimum absolute atomic E-state index is 0.721. The van der Waals surface area contributed by atoms with Gasteiger partial charge in [-0.25, -0.2) is 4.98 Å². The lowest BCUT2D eigenvalue weighted by Crippen LogP contribution is -2.25. The van der Waals surface area contributed by atoms with Crippen LogP contribution in [0.3, 0.4) is 0 Å². The van der Waals surface area contributed by atoms with Crippen LogP contribution in [-0.2, 0) is 13.5 Å². The van der Waals surface area contributed by atoms with E-state index in [1.165, 1.54) is 25.1 Å². The molecular weight excluding hydrogens is 252 g/mol. The fourth-order valence-corrected chi connectivity index (χ4v) is 3.21. The first-order valence-corrected chi connectivity index (χ1v) is 6.68. The highest BCUT2D eigenvalue weighted by molar-refractivity contribution is 9.09. The normalized spacial score (nSPS) is 31.8. The van der Waals surface area contributed by atoms with E-state index in [4.69, 9.17) is 0 Å². The zero-order valence-corrected chi connectivity index (χ0v) is 11.1. The number of rotatable bonds is 2. The van der Waals surface area contributed by atoms with Gasteiger partial charge in [-0.15, -0.1) is 0 Å². The van der Waals surface area contributed by atoms with Crippen LogP contribution in [0.1, 0.15) is 32.0 Å². The molecule has 2 rings (SSSR count). The first kappa shape index (κ1) is 11.2. The highest BCUT2D eigenvalue weighted by Gasteiger charge is 2.27. The van der Waals surface area contributed by atoms with E-state index in [-0.39, 0.29) is 0 Å². The Morgan fingerprint density at radius 3 is 3.00 bits per heavy atom. The molecule has 0 spiro atoms. The second-order valence-electron chi connectivity index (χ2n) is 4.81. The van der Waals surface area contributed by atoms with E-state index in [0.29, 0.717) is 0 Å². The van der Waals surface area contributed by atoms with Crippen molar-refractivity contribution in [1.29, 1.82) is 0 Å². The minimum atomic E-state index is 0.721. The van der Waals surface area contributed by atoms with Crippen LogP contribution in [0.25, 0.3) is 0 Å². The van der Waals surface area contributed by atoms with Crippen LogP contribution in [0.4, 0.5) is 0 Å². The molecule has 1 aliphatic rings. The second-order valence-corrected chi connectivity index (χ2v) is 6.10. The maximum Gasteiger partial charge on any atom is 0.108 e. The summed E-state index contributed by atoms with van der Waals surface area (Å²) in [6, 6.07) is 0. The van der Waals surface area contributed by atoms with E-state index in [1.54, 1.807) is 0 Å². The predicted molar refractivity (Wildman–Crippen MR) is 66.1 cm³/mol. The van der Waals surface area contributed by atoms with Gasteiger partial charge in [-0.2, -0.15) is 0 Å². The number of imidazole rings is 1. The topological polar surface area (TPSA) is 17.8 Å². The third-order valence-corrected chi connectivity index (χ3v) is 4.50. The molecule has 1 heterocycles. The molecule has 1 aliphatic carbocycles. The first-order chi connectivity index (χ1) is 7.16. The number of hydrogen-bond donors (Lipinski definition) is 0. The van der Waals surface area contributed by atoms with Gasteiger partial charge in [0.25, 0.3) is 0 Å². The van der Waals surface area contributed by atoms with Crippen LogP contribution in [0.5, 0.6) is 0 Å². The Bertz CT molecular complexity index is 321. The monoisotopic (exact) mass is 270 g/mol. The van der Waals surface area contributed by atoms with Crippen molar-refractivity contribution in [3.8, 4) is 0 Å². The molecule has 0 aromatic carbocycles. The van der Waals surface area contributed by atoms with Gasteiger partial charge in [0.15, 0.2) is 0 Å². The second kappa shape index (κ2) is 4.69. The smallest absolute Gasteiger partial charge is 0.108 e. The SMILES string of the molecule is CC1CCC(Br)CC1Cc1nccn1C. The molecule has 0 aliphatic heterocycles. The lowest BCUT2D eigenvalue weighted by atomic mass is 9.78. The molecule has 0 amide bonds. The third kappa shape index (κ3) is 2.63. The van der Waals surface area contributed by atoms with E-state index < -0.39 is 0 Å². The van der Waals surface area contributed by atoms with Crippen molar-refractivity contribution in [1.82, 2.24) is 9.55 Å². The van der Waals surface area contributed by atoms with Crippen molar-refractivity contribution in [2.24, 2.45) is 18.9 Å². The van der Waals surface area contributed by atoms with Gasteiger partial charge in [0, 0.05) is 30.7 Å². The van der Waals surface area contributed by atoms with E-state index >= 15 is 0 Å². The van der Waals surface area contributed by atoms with Gasteiger partial charge >= 0.3 is 0 Å². The van der Waals surface area contributed by atoms with E-state index in [1.807, 2.05) is 12.4 Å². The van der Waals surface area contributed by atoms with E-state index in [9.17, 15) is 0 Å². The van der Waals surface area contributed by atoms with Crippen molar-refractivity contribution in [2.75, 3.05) is 0 Å². The molecule has 1 aromatic heterocycles. The number of hydrogen-bond acceptors (Lipinski definition) is 1. The Labute approximate surface area is 100 Å². The van der Waals surface area contributed by atoms with Crippen LogP contribution in [-0.4, -0.2) is 14.4 Å². The van der Waals surface area contributed by atoms with Gasteiger partial charge in [0.2, 0.25) is 0 Å². The standard InChI is InChI=1S/C12H19BrN2/c1-9-3-4-11(13)7-10(9)8-12-14-5-6-15(12)2/h5-6,9-11H,3-4,7-8H2,1-2H3. The lowest BCUT2D eigenvalue weighted by molar-refractivity contribution is 0.258. The van der Waals surface area contributed by atoms with Crippen molar-refractivity contribution in [3.05, 3.63) is 18.2 Å². The van der Waals surface area contributed by atoms with E-state index in [2.05, 4.69) is 39.5 Å². The molecule has 3 heteroatoms. The Kier molecular flexibility index (Phi) is 3.49. The summed E-state index contributed by atoms with van der Waals surface area (Å²) in [5.41, 5.74) is 0. The summed E-state index contributed by atoms with van der Waals surface area (Å²) < 4.78 is 2.14. The van der Waals surface area contributed by atoms with Crippen LogP contribution in [0.2, 0.25) is 0 Å². The van der Waals surface area contributed by atoms with Crippen molar-refractivity contribution < 1.29 is 0 Å². The highest BCUT2D eigenvalue weighted by atomic mass is 79.9. The molecule has 1 aromatic rings. The summed E-state index contributed by atoms with van der Waals surface area (Å²) in [5, 5.41) is 0. The fourth-order valence-electron chi connectivity index (χ4n) is 2.47. The number of alkyl halides is 1. The van der Waals surface area contributed by atoms with Gasteiger partial charge < -0.3 is 4.57 Å². The van der Waals surface area contributed by atoms with Gasteiger partial charge in [-0.05, 0) is 31.1 Å². The number of halogens is 1. The molecule has 0 bridgehead atoms. The summed E-state index contributed by atoms with van der Waals surface area (Å²) >= 11 is 3.75. The Morgan fingerprint density at radius 1 is 1.53 bits per heavy atom. The summed E-state index contributed by atoms with van der Waals surface area (Å²) in [5.74, 6) is 2.87. The fraction of sp³-hybridized carbons (Fsp3) is 0.750. The van der Waals surface area contributed by atoms with Crippen molar-refractivity contribution >= 4 is 15.9 Å². The molecule has 15 heavy (non-hydrogen) atoms. The van der Waals surface area contributed by atoms with Crippen molar-refractivity contribution in [3.63, 3.8) is 0 Å². The molecule has 3 atom stereocenters. The summed E-state index contributed by atoms with van der Waals surface area (Å²) in [4.78, 5) is 5.14. The van der Waals surface area contributed by atoms with Crippen LogP contribution >= 0.6 is 15.9 Å². The van der Waals surface area contributed by atoms with E-state index in [0.717, 1.165) is 23.1 Å². The average molecular weight is 271 g/mol. The quantitative estimate of drug-likeness (QED) is 0.755. The zero-order chi connectivity index (χ0) is 10.8. The zero-order valence-electron chi connectivity index (χ0n) is 9.49. The molecule has 0 saturated heterocycles. The maximum atomic E-state index is 4.42. The molecule has 0 N–H and O–H groups in total. The Hall–Kier alpha value is -0.310. The number of aromatic nitrogens is 2. The number of nitrogens with zero attached hydrogens (tertiary/aromatic N) is 2. The third-order valence-electron chi connectivity index (χ3n) is 3.66. The summed E-state index contributed by atoms with van der Waals surface area (Å²) in [6.45, 7) is 2.38. The molecule has 84 valence electrons. The number of aryl methyl sites for hydroxylation is 1. The van der Waals surface area contributed by atoms with Gasteiger partial charge in [-0.3, -0.25) is 0 Å². The molecule has 3 unspecified atom stereocenters. The Balaban J connectivity index is 2.01. The van der Waals surface area contributed by atoms with Gasteiger partial charge in [-0.1, -0.05) is 22.9 Å². The molecule has 0 radical (unpaired) electrons. The highest BCUT2D eigenvalue weighted by Crippen LogP contribution is 2.35. The van der Waals surface area contributed by atoms with Crippen LogP contribution in [0, 0.1) is 11.8 Å². The largest absolute Gasteiger partial charge is 0.338 e. The van der Waals surface area contributed by atoms with Crippen LogP contribution < -0.4 is 0 Å². The summed E-state index contributed by atoms with van der Waals surface area (Å²) in [7, 11) is 2.08. The average Bonchev–Trinajstić information content (AvgIpc) is 2.58. The molecule has 1 saturated carbocycles. The molecule has 2 nitrogen and oxygen atoms in total.